The Balaban J connectivity index is 1.87. The van der Waals surface area contributed by atoms with Gasteiger partial charge in [-0.05, 0) is 48.9 Å². The fraction of sp³-hybridized carbons (Fsp3) is 0.222. The maximum atomic E-state index is 11.9. The molecule has 0 heterocycles. The van der Waals surface area contributed by atoms with Crippen molar-refractivity contribution in [3.8, 4) is 5.75 Å². The molecule has 0 aliphatic carbocycles. The molecule has 0 fully saturated rings. The number of benzene rings is 2. The van der Waals surface area contributed by atoms with Crippen LogP contribution < -0.4 is 15.4 Å². The van der Waals surface area contributed by atoms with E-state index in [9.17, 15) is 9.59 Å². The van der Waals surface area contributed by atoms with Gasteiger partial charge in [-0.15, -0.1) is 0 Å². The van der Waals surface area contributed by atoms with E-state index in [2.05, 4.69) is 10.6 Å². The minimum Gasteiger partial charge on any atom is -0.482 e. The number of ether oxygens (including phenoxy) is 1. The van der Waals surface area contributed by atoms with Crippen molar-refractivity contribution in [3.05, 3.63) is 58.1 Å². The molecule has 2 aromatic rings. The number of amides is 2. The fourth-order valence-corrected chi connectivity index (χ4v) is 2.44. The largest absolute Gasteiger partial charge is 0.482 e. The summed E-state index contributed by atoms with van der Waals surface area (Å²) in [7, 11) is 0. The molecule has 0 radical (unpaired) electrons. The molecule has 0 saturated heterocycles. The molecule has 2 amide bonds. The predicted octanol–water partition coefficient (Wildman–Crippen LogP) is 4.15. The lowest BCUT2D eigenvalue weighted by atomic mass is 10.2. The lowest BCUT2D eigenvalue weighted by Crippen LogP contribution is -2.24. The summed E-state index contributed by atoms with van der Waals surface area (Å²) >= 11 is 11.8. The first-order chi connectivity index (χ1) is 12.0. The number of carbonyl (C=O) groups excluding carboxylic acids is 2. The van der Waals surface area contributed by atoms with Crippen molar-refractivity contribution in [3.63, 3.8) is 0 Å². The molecule has 2 N–H and O–H groups in total. The average Bonchev–Trinajstić information content (AvgIpc) is 2.59. The molecular weight excluding hydrogens is 363 g/mol. The fourth-order valence-electron chi connectivity index (χ4n) is 1.98. The van der Waals surface area contributed by atoms with Crippen molar-refractivity contribution in [2.45, 2.75) is 13.3 Å². The van der Waals surface area contributed by atoms with Gasteiger partial charge < -0.3 is 15.4 Å². The first-order valence-electron chi connectivity index (χ1n) is 7.75. The van der Waals surface area contributed by atoms with Crippen LogP contribution in [0.2, 0.25) is 10.0 Å². The minimum absolute atomic E-state index is 0.138. The summed E-state index contributed by atoms with van der Waals surface area (Å²) in [4.78, 5) is 23.8. The van der Waals surface area contributed by atoms with Crippen LogP contribution in [0.3, 0.4) is 0 Å². The van der Waals surface area contributed by atoms with E-state index < -0.39 is 0 Å². The van der Waals surface area contributed by atoms with Gasteiger partial charge in [0.05, 0.1) is 5.02 Å². The van der Waals surface area contributed by atoms with E-state index >= 15 is 0 Å². The number of halogens is 2. The normalized spacial score (nSPS) is 10.2. The molecule has 0 spiro atoms. The molecule has 0 aromatic heterocycles. The Morgan fingerprint density at radius 2 is 1.80 bits per heavy atom. The molecule has 2 rings (SSSR count). The van der Waals surface area contributed by atoms with Crippen LogP contribution in [0.25, 0.3) is 0 Å². The second kappa shape index (κ2) is 9.30. The van der Waals surface area contributed by atoms with Gasteiger partial charge in [0.15, 0.2) is 6.61 Å². The summed E-state index contributed by atoms with van der Waals surface area (Å²) in [5.41, 5.74) is 1.11. The highest BCUT2D eigenvalue weighted by atomic mass is 35.5. The third-order valence-electron chi connectivity index (χ3n) is 3.22. The van der Waals surface area contributed by atoms with Crippen molar-refractivity contribution in [1.82, 2.24) is 5.32 Å². The lowest BCUT2D eigenvalue weighted by Gasteiger charge is -2.09. The Bertz CT molecular complexity index is 748. The van der Waals surface area contributed by atoms with Crippen LogP contribution in [-0.2, 0) is 4.79 Å². The van der Waals surface area contributed by atoms with Crippen molar-refractivity contribution in [1.29, 1.82) is 0 Å². The van der Waals surface area contributed by atoms with Gasteiger partial charge >= 0.3 is 0 Å². The second-order valence-electron chi connectivity index (χ2n) is 5.24. The van der Waals surface area contributed by atoms with Crippen molar-refractivity contribution < 1.29 is 14.3 Å². The van der Waals surface area contributed by atoms with Crippen LogP contribution in [0.1, 0.15) is 23.7 Å². The zero-order chi connectivity index (χ0) is 18.2. The number of nitrogens with one attached hydrogen (secondary N) is 2. The highest BCUT2D eigenvalue weighted by molar-refractivity contribution is 6.35. The Morgan fingerprint density at radius 1 is 1.08 bits per heavy atom. The van der Waals surface area contributed by atoms with Gasteiger partial charge in [0.25, 0.3) is 11.8 Å². The van der Waals surface area contributed by atoms with Crippen LogP contribution in [0.4, 0.5) is 5.69 Å². The van der Waals surface area contributed by atoms with Crippen molar-refractivity contribution in [2.75, 3.05) is 18.5 Å². The SMILES string of the molecule is CCCNC(=O)c1ccc(NC(=O)COc2ccc(Cl)cc2Cl)cc1. The van der Waals surface area contributed by atoms with Gasteiger partial charge in [-0.1, -0.05) is 30.1 Å². The van der Waals surface area contributed by atoms with Gasteiger partial charge in [0, 0.05) is 22.8 Å². The number of anilines is 1. The highest BCUT2D eigenvalue weighted by Crippen LogP contribution is 2.27. The zero-order valence-corrected chi connectivity index (χ0v) is 15.2. The summed E-state index contributed by atoms with van der Waals surface area (Å²) in [6.45, 7) is 2.42. The van der Waals surface area contributed by atoms with Crippen LogP contribution in [-0.4, -0.2) is 25.0 Å². The number of rotatable bonds is 7. The maximum absolute atomic E-state index is 11.9. The minimum atomic E-state index is -0.339. The molecule has 7 heteroatoms. The Labute approximate surface area is 156 Å². The van der Waals surface area contributed by atoms with E-state index in [0.29, 0.717) is 33.6 Å². The van der Waals surface area contributed by atoms with Crippen molar-refractivity contribution >= 4 is 40.7 Å². The van der Waals surface area contributed by atoms with E-state index in [0.717, 1.165) is 6.42 Å². The third kappa shape index (κ3) is 5.96. The monoisotopic (exact) mass is 380 g/mol. The van der Waals surface area contributed by atoms with Gasteiger partial charge in [0.1, 0.15) is 5.75 Å². The summed E-state index contributed by atoms with van der Waals surface area (Å²) in [6.07, 6.45) is 0.873. The Morgan fingerprint density at radius 3 is 2.44 bits per heavy atom. The Hall–Kier alpha value is -2.24. The topological polar surface area (TPSA) is 67.4 Å². The second-order valence-corrected chi connectivity index (χ2v) is 6.09. The van der Waals surface area contributed by atoms with Crippen LogP contribution in [0, 0.1) is 0 Å². The average molecular weight is 381 g/mol. The van der Waals surface area contributed by atoms with Gasteiger partial charge in [-0.2, -0.15) is 0 Å². The lowest BCUT2D eigenvalue weighted by molar-refractivity contribution is -0.118. The van der Waals surface area contributed by atoms with Crippen molar-refractivity contribution in [2.24, 2.45) is 0 Å². The molecule has 0 aliphatic heterocycles. The van der Waals surface area contributed by atoms with Crippen LogP contribution in [0.5, 0.6) is 5.75 Å². The molecule has 0 aliphatic rings. The highest BCUT2D eigenvalue weighted by Gasteiger charge is 2.08. The zero-order valence-electron chi connectivity index (χ0n) is 13.6. The third-order valence-corrected chi connectivity index (χ3v) is 3.75. The van der Waals surface area contributed by atoms with Gasteiger partial charge in [-0.25, -0.2) is 0 Å². The maximum Gasteiger partial charge on any atom is 0.262 e. The smallest absolute Gasteiger partial charge is 0.262 e. The van der Waals surface area contributed by atoms with E-state index in [1.165, 1.54) is 0 Å². The summed E-state index contributed by atoms with van der Waals surface area (Å²) in [5, 5.41) is 6.30. The van der Waals surface area contributed by atoms with Gasteiger partial charge in [0.2, 0.25) is 0 Å². The van der Waals surface area contributed by atoms with Gasteiger partial charge in [-0.3, -0.25) is 9.59 Å². The standard InChI is InChI=1S/C18H18Cl2N2O3/c1-2-9-21-18(24)12-3-6-14(7-4-12)22-17(23)11-25-16-8-5-13(19)10-15(16)20/h3-8,10H,2,9,11H2,1H3,(H,21,24)(H,22,23). The molecule has 132 valence electrons. The first-order valence-corrected chi connectivity index (χ1v) is 8.51. The summed E-state index contributed by atoms with van der Waals surface area (Å²) in [5.74, 6) is -0.0983. The van der Waals surface area contributed by atoms with Crippen LogP contribution >= 0.6 is 23.2 Å². The number of hydrogen-bond acceptors (Lipinski definition) is 3. The molecule has 0 bridgehead atoms. The van der Waals surface area contributed by atoms with E-state index in [-0.39, 0.29) is 18.4 Å². The quantitative estimate of drug-likeness (QED) is 0.757. The molecule has 0 saturated carbocycles. The summed E-state index contributed by atoms with van der Waals surface area (Å²) in [6, 6.07) is 11.4. The molecule has 25 heavy (non-hydrogen) atoms. The first kappa shape index (κ1) is 19.1. The molecule has 5 nitrogen and oxygen atoms in total. The van der Waals surface area contributed by atoms with Crippen LogP contribution in [0.15, 0.2) is 42.5 Å². The molecule has 0 unspecified atom stereocenters. The predicted molar refractivity (Wildman–Crippen MR) is 99.7 cm³/mol. The van der Waals surface area contributed by atoms with E-state index in [4.69, 9.17) is 27.9 Å². The Kier molecular flexibility index (Phi) is 7.10. The molecular formula is C18H18Cl2N2O3. The molecule has 0 atom stereocenters. The summed E-state index contributed by atoms with van der Waals surface area (Å²) < 4.78 is 5.37. The van der Waals surface area contributed by atoms with E-state index in [1.807, 2.05) is 6.92 Å². The van der Waals surface area contributed by atoms with E-state index in [1.54, 1.807) is 42.5 Å². The number of carbonyl (C=O) groups is 2. The molecule has 2 aromatic carbocycles. The number of hydrogen-bond donors (Lipinski definition) is 2.